The van der Waals surface area contributed by atoms with E-state index in [1.54, 1.807) is 12.1 Å². The fourth-order valence-electron chi connectivity index (χ4n) is 2.93. The van der Waals surface area contributed by atoms with Crippen molar-refractivity contribution >= 4 is 20.8 Å². The van der Waals surface area contributed by atoms with E-state index in [1.165, 1.54) is 18.2 Å². The van der Waals surface area contributed by atoms with Crippen LogP contribution in [0.1, 0.15) is 11.3 Å². The van der Waals surface area contributed by atoms with Gasteiger partial charge >= 0.3 is 0 Å². The average molecular weight is 331 g/mol. The van der Waals surface area contributed by atoms with Crippen LogP contribution >= 0.6 is 0 Å². The Balaban J connectivity index is 1.86. The molecule has 0 aliphatic carbocycles. The fourth-order valence-corrected chi connectivity index (χ4v) is 4.21. The maximum absolute atomic E-state index is 13.0. The third-order valence-electron chi connectivity index (χ3n) is 4.12. The molecule has 0 saturated carbocycles. The first kappa shape index (κ1) is 14.4. The first-order valence-electron chi connectivity index (χ1n) is 7.31. The molecule has 0 atom stereocenters. The molecule has 0 fully saturated rings. The summed E-state index contributed by atoms with van der Waals surface area (Å²) in [6, 6.07) is 9.73. The summed E-state index contributed by atoms with van der Waals surface area (Å²) in [4.78, 5) is 0.274. The van der Waals surface area contributed by atoms with Gasteiger partial charge in [-0.25, -0.2) is 12.8 Å². The lowest BCUT2D eigenvalue weighted by Gasteiger charge is -2.11. The van der Waals surface area contributed by atoms with Crippen LogP contribution in [0.4, 0.5) is 4.39 Å². The SMILES string of the molecule is O=S(=O)(c1ccc(F)cc1)c1ccc2oc3c(c2c1)CCNC3. The van der Waals surface area contributed by atoms with E-state index in [9.17, 15) is 12.8 Å². The van der Waals surface area contributed by atoms with Crippen LogP contribution in [0.15, 0.2) is 56.7 Å². The largest absolute Gasteiger partial charge is 0.459 e. The van der Waals surface area contributed by atoms with E-state index in [1.807, 2.05) is 0 Å². The lowest BCUT2D eigenvalue weighted by molar-refractivity contribution is 0.488. The van der Waals surface area contributed by atoms with Crippen LogP contribution in [-0.2, 0) is 22.8 Å². The zero-order chi connectivity index (χ0) is 16.0. The van der Waals surface area contributed by atoms with Crippen molar-refractivity contribution in [2.45, 2.75) is 22.8 Å². The number of furan rings is 1. The number of sulfone groups is 1. The van der Waals surface area contributed by atoms with Gasteiger partial charge < -0.3 is 9.73 Å². The van der Waals surface area contributed by atoms with Crippen molar-refractivity contribution in [1.29, 1.82) is 0 Å². The third kappa shape index (κ3) is 2.34. The molecule has 1 aliphatic heterocycles. The zero-order valence-electron chi connectivity index (χ0n) is 12.2. The fraction of sp³-hybridized carbons (Fsp3) is 0.176. The summed E-state index contributed by atoms with van der Waals surface area (Å²) in [7, 11) is -3.68. The van der Waals surface area contributed by atoms with E-state index >= 15 is 0 Å². The normalized spacial score (nSPS) is 14.8. The van der Waals surface area contributed by atoms with Gasteiger partial charge in [0.2, 0.25) is 9.84 Å². The molecule has 0 saturated heterocycles. The summed E-state index contributed by atoms with van der Waals surface area (Å²) < 4.78 is 44.2. The summed E-state index contributed by atoms with van der Waals surface area (Å²) in [5.74, 6) is 0.401. The van der Waals surface area contributed by atoms with Gasteiger partial charge in [0, 0.05) is 10.9 Å². The van der Waals surface area contributed by atoms with E-state index in [-0.39, 0.29) is 9.79 Å². The molecule has 4 rings (SSSR count). The predicted molar refractivity (Wildman–Crippen MR) is 83.5 cm³/mol. The number of fused-ring (bicyclic) bond motifs is 3. The Bertz CT molecular complexity index is 991. The molecular weight excluding hydrogens is 317 g/mol. The minimum atomic E-state index is -3.68. The maximum atomic E-state index is 13.0. The van der Waals surface area contributed by atoms with Crippen LogP contribution in [0.25, 0.3) is 11.0 Å². The number of halogens is 1. The summed E-state index contributed by atoms with van der Waals surface area (Å²) in [5, 5.41) is 4.07. The standard InChI is InChI=1S/C17H14FNO3S/c18-11-1-3-12(4-2-11)23(20,21)13-5-6-16-15(9-13)14-7-8-19-10-17(14)22-16/h1-6,9,19H,7-8,10H2. The van der Waals surface area contributed by atoms with E-state index in [4.69, 9.17) is 4.42 Å². The molecule has 0 amide bonds. The van der Waals surface area contributed by atoms with Crippen molar-refractivity contribution < 1.29 is 17.2 Å². The minimum absolute atomic E-state index is 0.0808. The summed E-state index contributed by atoms with van der Waals surface area (Å²) in [5.41, 5.74) is 1.76. The first-order valence-corrected chi connectivity index (χ1v) is 8.80. The first-order chi connectivity index (χ1) is 11.1. The Kier molecular flexibility index (Phi) is 3.25. The molecule has 1 N–H and O–H groups in total. The number of hydrogen-bond donors (Lipinski definition) is 1. The van der Waals surface area contributed by atoms with Gasteiger partial charge in [-0.05, 0) is 55.4 Å². The van der Waals surface area contributed by atoms with Crippen molar-refractivity contribution in [1.82, 2.24) is 5.32 Å². The van der Waals surface area contributed by atoms with Gasteiger partial charge in [-0.2, -0.15) is 0 Å². The quantitative estimate of drug-likeness (QED) is 0.733. The van der Waals surface area contributed by atoms with Crippen LogP contribution in [0, 0.1) is 5.82 Å². The maximum Gasteiger partial charge on any atom is 0.206 e. The van der Waals surface area contributed by atoms with Crippen LogP contribution in [0.5, 0.6) is 0 Å². The highest BCUT2D eigenvalue weighted by Gasteiger charge is 2.22. The molecule has 0 spiro atoms. The highest BCUT2D eigenvalue weighted by molar-refractivity contribution is 7.91. The zero-order valence-corrected chi connectivity index (χ0v) is 13.0. The lowest BCUT2D eigenvalue weighted by Crippen LogP contribution is -2.22. The summed E-state index contributed by atoms with van der Waals surface area (Å²) in [6.07, 6.45) is 0.808. The van der Waals surface area contributed by atoms with Gasteiger partial charge in [0.05, 0.1) is 16.3 Å². The van der Waals surface area contributed by atoms with Crippen molar-refractivity contribution in [2.24, 2.45) is 0 Å². The number of benzene rings is 2. The molecule has 0 unspecified atom stereocenters. The van der Waals surface area contributed by atoms with Crippen molar-refractivity contribution in [3.8, 4) is 0 Å². The van der Waals surface area contributed by atoms with E-state index in [0.29, 0.717) is 12.1 Å². The van der Waals surface area contributed by atoms with Gasteiger partial charge in [0.25, 0.3) is 0 Å². The Hall–Kier alpha value is -2.18. The van der Waals surface area contributed by atoms with Crippen molar-refractivity contribution in [3.63, 3.8) is 0 Å². The van der Waals surface area contributed by atoms with Gasteiger partial charge in [-0.15, -0.1) is 0 Å². The number of rotatable bonds is 2. The molecule has 1 aromatic heterocycles. The summed E-state index contributed by atoms with van der Waals surface area (Å²) in [6.45, 7) is 1.50. The molecule has 1 aliphatic rings. The monoisotopic (exact) mass is 331 g/mol. The van der Waals surface area contributed by atoms with E-state index in [0.717, 1.165) is 41.8 Å². The molecule has 4 nitrogen and oxygen atoms in total. The molecule has 6 heteroatoms. The summed E-state index contributed by atoms with van der Waals surface area (Å²) >= 11 is 0. The Morgan fingerprint density at radius 3 is 2.57 bits per heavy atom. The molecule has 118 valence electrons. The highest BCUT2D eigenvalue weighted by Crippen LogP contribution is 2.31. The van der Waals surface area contributed by atoms with Crippen LogP contribution in [-0.4, -0.2) is 15.0 Å². The van der Waals surface area contributed by atoms with E-state index in [2.05, 4.69) is 5.32 Å². The Morgan fingerprint density at radius 1 is 1.04 bits per heavy atom. The average Bonchev–Trinajstić information content (AvgIpc) is 2.93. The smallest absolute Gasteiger partial charge is 0.206 e. The molecule has 2 heterocycles. The number of hydrogen-bond acceptors (Lipinski definition) is 4. The second-order valence-electron chi connectivity index (χ2n) is 5.55. The lowest BCUT2D eigenvalue weighted by atomic mass is 10.1. The topological polar surface area (TPSA) is 59.3 Å². The minimum Gasteiger partial charge on any atom is -0.459 e. The molecule has 3 aromatic rings. The molecule has 0 radical (unpaired) electrons. The second-order valence-corrected chi connectivity index (χ2v) is 7.50. The van der Waals surface area contributed by atoms with Crippen LogP contribution in [0.3, 0.4) is 0 Å². The third-order valence-corrected chi connectivity index (χ3v) is 5.88. The van der Waals surface area contributed by atoms with Gasteiger partial charge in [-0.3, -0.25) is 0 Å². The van der Waals surface area contributed by atoms with Crippen LogP contribution < -0.4 is 5.32 Å². The van der Waals surface area contributed by atoms with Crippen molar-refractivity contribution in [3.05, 3.63) is 59.6 Å². The second kappa shape index (κ2) is 5.18. The number of nitrogens with one attached hydrogen (secondary N) is 1. The van der Waals surface area contributed by atoms with Gasteiger partial charge in [0.15, 0.2) is 0 Å². The molecule has 23 heavy (non-hydrogen) atoms. The van der Waals surface area contributed by atoms with Gasteiger partial charge in [0.1, 0.15) is 17.2 Å². The predicted octanol–water partition coefficient (Wildman–Crippen LogP) is 3.05. The molecular formula is C17H14FNO3S. The Labute approximate surface area is 132 Å². The van der Waals surface area contributed by atoms with Gasteiger partial charge in [-0.1, -0.05) is 0 Å². The van der Waals surface area contributed by atoms with Crippen molar-refractivity contribution in [2.75, 3.05) is 6.54 Å². The Morgan fingerprint density at radius 2 is 1.78 bits per heavy atom. The molecule has 0 bridgehead atoms. The highest BCUT2D eigenvalue weighted by atomic mass is 32.2. The van der Waals surface area contributed by atoms with E-state index < -0.39 is 15.7 Å². The molecule has 2 aromatic carbocycles. The van der Waals surface area contributed by atoms with Crippen LogP contribution in [0.2, 0.25) is 0 Å².